The van der Waals surface area contributed by atoms with Crippen LogP contribution in [0.4, 0.5) is 4.39 Å². The molecule has 0 saturated heterocycles. The average molecular weight is 166 g/mol. The second-order valence-electron chi connectivity index (χ2n) is 2.55. The molecule has 12 heavy (non-hydrogen) atoms. The number of aliphatic hydroxyl groups is 1. The molecule has 0 aromatic heterocycles. The summed E-state index contributed by atoms with van der Waals surface area (Å²) in [5.41, 5.74) is 0.495. The van der Waals surface area contributed by atoms with E-state index in [0.29, 0.717) is 5.56 Å². The van der Waals surface area contributed by atoms with Gasteiger partial charge in [-0.25, -0.2) is 4.39 Å². The molecule has 1 aromatic rings. The summed E-state index contributed by atoms with van der Waals surface area (Å²) in [6, 6.07) is 6.39. The van der Waals surface area contributed by atoms with Gasteiger partial charge in [-0.2, -0.15) is 0 Å². The third kappa shape index (κ3) is 1.71. The molecule has 0 fully saturated rings. The smallest absolute Gasteiger partial charge is 0.127 e. The highest BCUT2D eigenvalue weighted by molar-refractivity contribution is 5.24. The quantitative estimate of drug-likeness (QED) is 0.681. The van der Waals surface area contributed by atoms with Gasteiger partial charge in [-0.15, -0.1) is 6.58 Å². The maximum absolute atomic E-state index is 13.1. The molecule has 1 rings (SSSR count). The number of benzene rings is 1. The molecule has 0 aliphatic heterocycles. The molecule has 0 radical (unpaired) electrons. The van der Waals surface area contributed by atoms with Crippen LogP contribution >= 0.6 is 0 Å². The average Bonchev–Trinajstić information content (AvgIpc) is 2.10. The van der Waals surface area contributed by atoms with E-state index in [4.69, 9.17) is 5.11 Å². The largest absolute Gasteiger partial charge is 0.395 e. The highest BCUT2D eigenvalue weighted by Gasteiger charge is 2.09. The van der Waals surface area contributed by atoms with Crippen LogP contribution in [0.25, 0.3) is 0 Å². The van der Waals surface area contributed by atoms with Gasteiger partial charge in [0.1, 0.15) is 5.82 Å². The standard InChI is InChI=1S/C10H11FO/c1-2-8(7-12)9-5-3-4-6-10(9)11/h2-6,8,12H,1,7H2/t8-/m0/s1. The van der Waals surface area contributed by atoms with Crippen molar-refractivity contribution in [3.05, 3.63) is 48.3 Å². The number of rotatable bonds is 3. The van der Waals surface area contributed by atoms with E-state index in [-0.39, 0.29) is 18.3 Å². The maximum atomic E-state index is 13.1. The van der Waals surface area contributed by atoms with Gasteiger partial charge < -0.3 is 5.11 Å². The van der Waals surface area contributed by atoms with Gasteiger partial charge in [0.05, 0.1) is 6.61 Å². The first-order valence-electron chi connectivity index (χ1n) is 3.77. The first kappa shape index (κ1) is 8.94. The Bertz CT molecular complexity index is 270. The summed E-state index contributed by atoms with van der Waals surface area (Å²) in [6.45, 7) is 3.42. The van der Waals surface area contributed by atoms with Crippen LogP contribution < -0.4 is 0 Å². The highest BCUT2D eigenvalue weighted by atomic mass is 19.1. The topological polar surface area (TPSA) is 20.2 Å². The van der Waals surface area contributed by atoms with E-state index in [9.17, 15) is 4.39 Å². The molecule has 1 nitrogen and oxygen atoms in total. The Morgan fingerprint density at radius 3 is 2.67 bits per heavy atom. The van der Waals surface area contributed by atoms with Crippen LogP contribution in [0.15, 0.2) is 36.9 Å². The van der Waals surface area contributed by atoms with E-state index in [0.717, 1.165) is 0 Å². The second-order valence-corrected chi connectivity index (χ2v) is 2.55. The van der Waals surface area contributed by atoms with Crippen LogP contribution in [-0.2, 0) is 0 Å². The minimum Gasteiger partial charge on any atom is -0.395 e. The van der Waals surface area contributed by atoms with Crippen molar-refractivity contribution in [1.82, 2.24) is 0 Å². The van der Waals surface area contributed by atoms with Crippen molar-refractivity contribution in [2.45, 2.75) is 5.92 Å². The fraction of sp³-hybridized carbons (Fsp3) is 0.200. The molecule has 2 heteroatoms. The fourth-order valence-electron chi connectivity index (χ4n) is 1.08. The Hall–Kier alpha value is -1.15. The molecule has 0 unspecified atom stereocenters. The lowest BCUT2D eigenvalue weighted by molar-refractivity contribution is 0.281. The van der Waals surface area contributed by atoms with E-state index in [1.165, 1.54) is 6.07 Å². The van der Waals surface area contributed by atoms with Crippen molar-refractivity contribution in [3.8, 4) is 0 Å². The number of halogens is 1. The van der Waals surface area contributed by atoms with Gasteiger partial charge in [-0.1, -0.05) is 24.3 Å². The number of hydrogen-bond donors (Lipinski definition) is 1. The number of hydrogen-bond acceptors (Lipinski definition) is 1. The van der Waals surface area contributed by atoms with E-state index < -0.39 is 0 Å². The van der Waals surface area contributed by atoms with Crippen LogP contribution in [-0.4, -0.2) is 11.7 Å². The van der Waals surface area contributed by atoms with Crippen molar-refractivity contribution in [2.75, 3.05) is 6.61 Å². The lowest BCUT2D eigenvalue weighted by Gasteiger charge is -2.09. The molecule has 1 atom stereocenters. The van der Waals surface area contributed by atoms with Crippen molar-refractivity contribution in [2.24, 2.45) is 0 Å². The van der Waals surface area contributed by atoms with Gasteiger partial charge in [-0.05, 0) is 11.6 Å². The summed E-state index contributed by atoms with van der Waals surface area (Å²) in [6.07, 6.45) is 1.54. The Kier molecular flexibility index (Phi) is 3.00. The minimum absolute atomic E-state index is 0.107. The molecule has 0 amide bonds. The summed E-state index contributed by atoms with van der Waals surface area (Å²) in [5.74, 6) is -0.595. The van der Waals surface area contributed by atoms with Crippen LogP contribution in [0.5, 0.6) is 0 Å². The minimum atomic E-state index is -0.300. The third-order valence-corrected chi connectivity index (χ3v) is 1.79. The lowest BCUT2D eigenvalue weighted by atomic mass is 10.00. The van der Waals surface area contributed by atoms with Crippen LogP contribution in [0.2, 0.25) is 0 Å². The normalized spacial score (nSPS) is 12.5. The summed E-state index contributed by atoms with van der Waals surface area (Å²) in [5, 5.41) is 8.87. The molecule has 0 aliphatic rings. The number of aliphatic hydroxyl groups excluding tert-OH is 1. The summed E-state index contributed by atoms with van der Waals surface area (Å²) < 4.78 is 13.1. The van der Waals surface area contributed by atoms with Crippen molar-refractivity contribution < 1.29 is 9.50 Å². The van der Waals surface area contributed by atoms with E-state index in [2.05, 4.69) is 6.58 Å². The lowest BCUT2D eigenvalue weighted by Crippen LogP contribution is -2.02. The zero-order valence-electron chi connectivity index (χ0n) is 6.70. The molecule has 0 aliphatic carbocycles. The third-order valence-electron chi connectivity index (χ3n) is 1.79. The molecular formula is C10H11FO. The first-order chi connectivity index (χ1) is 5.79. The van der Waals surface area contributed by atoms with Crippen molar-refractivity contribution in [1.29, 1.82) is 0 Å². The van der Waals surface area contributed by atoms with Crippen molar-refractivity contribution >= 4 is 0 Å². The Balaban J connectivity index is 3.00. The zero-order chi connectivity index (χ0) is 8.97. The molecule has 1 N–H and O–H groups in total. The second kappa shape index (κ2) is 4.02. The Morgan fingerprint density at radius 2 is 2.17 bits per heavy atom. The van der Waals surface area contributed by atoms with Crippen molar-refractivity contribution in [3.63, 3.8) is 0 Å². The van der Waals surface area contributed by atoms with Crippen LogP contribution in [0.3, 0.4) is 0 Å². The summed E-state index contributed by atoms with van der Waals surface area (Å²) >= 11 is 0. The SMILES string of the molecule is C=C[C@@H](CO)c1ccccc1F. The van der Waals surface area contributed by atoms with Gasteiger partial charge in [-0.3, -0.25) is 0 Å². The van der Waals surface area contributed by atoms with Gasteiger partial charge >= 0.3 is 0 Å². The maximum Gasteiger partial charge on any atom is 0.127 e. The Labute approximate surface area is 71.2 Å². The first-order valence-corrected chi connectivity index (χ1v) is 3.77. The molecule has 0 spiro atoms. The van der Waals surface area contributed by atoms with E-state index in [1.807, 2.05) is 0 Å². The van der Waals surface area contributed by atoms with Gasteiger partial charge in [0.25, 0.3) is 0 Å². The van der Waals surface area contributed by atoms with E-state index in [1.54, 1.807) is 24.3 Å². The van der Waals surface area contributed by atoms with Gasteiger partial charge in [0, 0.05) is 5.92 Å². The molecule has 1 aromatic carbocycles. The van der Waals surface area contributed by atoms with Crippen LogP contribution in [0.1, 0.15) is 11.5 Å². The summed E-state index contributed by atoms with van der Waals surface area (Å²) in [7, 11) is 0. The fourth-order valence-corrected chi connectivity index (χ4v) is 1.08. The van der Waals surface area contributed by atoms with Gasteiger partial charge in [0.2, 0.25) is 0 Å². The van der Waals surface area contributed by atoms with Gasteiger partial charge in [0.15, 0.2) is 0 Å². The highest BCUT2D eigenvalue weighted by Crippen LogP contribution is 2.18. The molecule has 0 saturated carbocycles. The predicted octanol–water partition coefficient (Wildman–Crippen LogP) is 2.09. The van der Waals surface area contributed by atoms with E-state index >= 15 is 0 Å². The predicted molar refractivity (Wildman–Crippen MR) is 46.4 cm³/mol. The molecule has 0 heterocycles. The van der Waals surface area contributed by atoms with Crippen LogP contribution in [0, 0.1) is 5.82 Å². The monoisotopic (exact) mass is 166 g/mol. The zero-order valence-corrected chi connectivity index (χ0v) is 6.70. The molecular weight excluding hydrogens is 155 g/mol. The molecule has 64 valence electrons. The molecule has 0 bridgehead atoms. The summed E-state index contributed by atoms with van der Waals surface area (Å²) in [4.78, 5) is 0. The Morgan fingerprint density at radius 1 is 1.50 bits per heavy atom.